The van der Waals surface area contributed by atoms with Gasteiger partial charge in [0, 0.05) is 25.7 Å². The molecule has 1 aliphatic rings. The summed E-state index contributed by atoms with van der Waals surface area (Å²) in [5.41, 5.74) is 8.10. The molecule has 11 heteroatoms. The van der Waals surface area contributed by atoms with Gasteiger partial charge in [-0.3, -0.25) is 14.4 Å². The summed E-state index contributed by atoms with van der Waals surface area (Å²) >= 11 is 1.22. The lowest BCUT2D eigenvalue weighted by molar-refractivity contribution is -0.208. The highest BCUT2D eigenvalue weighted by Crippen LogP contribution is 2.33. The topological polar surface area (TPSA) is 137 Å². The third-order valence-corrected chi connectivity index (χ3v) is 3.94. The first-order valence-electron chi connectivity index (χ1n) is 7.00. The molecule has 0 radical (unpaired) electrons. The molecule has 0 aromatic carbocycles. The first-order valence-corrected chi connectivity index (χ1v) is 8.29. The molecule has 1 fully saturated rings. The Morgan fingerprint density at radius 1 is 1.12 bits per heavy atom. The Morgan fingerprint density at radius 3 is 2.17 bits per heavy atom. The Kier molecular flexibility index (Phi) is 7.83. The van der Waals surface area contributed by atoms with Crippen LogP contribution in [0.5, 0.6) is 0 Å². The number of carbonyl (C=O) groups is 3. The fraction of sp³-hybridized carbons (Fsp3) is 0.769. The van der Waals surface area contributed by atoms with Crippen LogP contribution in [0.4, 0.5) is 0 Å². The van der Waals surface area contributed by atoms with Crippen LogP contribution in [-0.2, 0) is 33.3 Å². The molecule has 1 heterocycles. The van der Waals surface area contributed by atoms with Crippen LogP contribution in [0.25, 0.3) is 10.4 Å². The minimum Gasteiger partial charge on any atom is -0.463 e. The van der Waals surface area contributed by atoms with Gasteiger partial charge in [0.25, 0.3) is 0 Å². The molecule has 0 unspecified atom stereocenters. The van der Waals surface area contributed by atoms with Crippen LogP contribution in [0.2, 0.25) is 0 Å². The zero-order valence-corrected chi connectivity index (χ0v) is 14.5. The van der Waals surface area contributed by atoms with Crippen molar-refractivity contribution >= 4 is 29.7 Å². The molecule has 10 nitrogen and oxygen atoms in total. The molecule has 5 atom stereocenters. The Morgan fingerprint density at radius 2 is 1.71 bits per heavy atom. The molecule has 0 amide bonds. The van der Waals surface area contributed by atoms with E-state index in [0.29, 0.717) is 0 Å². The maximum absolute atomic E-state index is 11.4. The average Bonchev–Trinajstić information content (AvgIpc) is 2.48. The van der Waals surface area contributed by atoms with Crippen LogP contribution in [0.15, 0.2) is 5.11 Å². The van der Waals surface area contributed by atoms with Gasteiger partial charge in [-0.1, -0.05) is 5.11 Å². The highest BCUT2D eigenvalue weighted by Gasteiger charge is 2.49. The lowest BCUT2D eigenvalue weighted by Gasteiger charge is -2.43. The standard InChI is InChI=1S/C13H19N3O7S/c1-6(17)20-5-9-11(21-7(2)18)12(22-8(3)19)10(15-16-14)13(23-9)24-4/h9-13H,5H2,1-4H3/t9-,10-,11-,12-,13-/m1/s1. The third kappa shape index (κ3) is 5.59. The first kappa shape index (κ1) is 20.1. The summed E-state index contributed by atoms with van der Waals surface area (Å²) in [6.45, 7) is 3.38. The van der Waals surface area contributed by atoms with Crippen molar-refractivity contribution in [2.24, 2.45) is 5.11 Å². The Hall–Kier alpha value is -1.97. The van der Waals surface area contributed by atoms with Gasteiger partial charge in [-0.25, -0.2) is 0 Å². The molecule has 0 bridgehead atoms. The SMILES string of the molecule is CS[C@H]1O[C@H](COC(C)=O)[C@@H](OC(C)=O)[C@H](OC(C)=O)[C@H]1N=[N+]=[N-]. The molecule has 0 N–H and O–H groups in total. The van der Waals surface area contributed by atoms with Crippen molar-refractivity contribution in [2.75, 3.05) is 12.9 Å². The van der Waals surface area contributed by atoms with E-state index in [4.69, 9.17) is 24.5 Å². The van der Waals surface area contributed by atoms with E-state index >= 15 is 0 Å². The van der Waals surface area contributed by atoms with E-state index < -0.39 is 47.7 Å². The second-order valence-electron chi connectivity index (χ2n) is 4.92. The molecular formula is C13H19N3O7S. The number of hydrogen-bond donors (Lipinski definition) is 0. The number of thioether (sulfide) groups is 1. The predicted octanol–water partition coefficient (Wildman–Crippen LogP) is 1.18. The van der Waals surface area contributed by atoms with Crippen molar-refractivity contribution in [1.82, 2.24) is 0 Å². The van der Waals surface area contributed by atoms with E-state index in [2.05, 4.69) is 10.0 Å². The zero-order chi connectivity index (χ0) is 18.3. The van der Waals surface area contributed by atoms with Gasteiger partial charge in [0.1, 0.15) is 24.2 Å². The van der Waals surface area contributed by atoms with Crippen molar-refractivity contribution in [2.45, 2.75) is 50.6 Å². The van der Waals surface area contributed by atoms with Crippen LogP contribution in [0, 0.1) is 0 Å². The highest BCUT2D eigenvalue weighted by molar-refractivity contribution is 7.99. The fourth-order valence-electron chi connectivity index (χ4n) is 2.26. The fourth-order valence-corrected chi connectivity index (χ4v) is 3.00. The Bertz CT molecular complexity index is 538. The van der Waals surface area contributed by atoms with Crippen LogP contribution >= 0.6 is 11.8 Å². The smallest absolute Gasteiger partial charge is 0.303 e. The van der Waals surface area contributed by atoms with Crippen molar-refractivity contribution < 1.29 is 33.3 Å². The minimum atomic E-state index is -1.08. The van der Waals surface area contributed by atoms with E-state index in [1.165, 1.54) is 32.5 Å². The summed E-state index contributed by atoms with van der Waals surface area (Å²) in [6.07, 6.45) is -1.30. The summed E-state index contributed by atoms with van der Waals surface area (Å²) in [5, 5.41) is 3.62. The number of hydrogen-bond acceptors (Lipinski definition) is 9. The van der Waals surface area contributed by atoms with Crippen molar-refractivity contribution in [3.8, 4) is 0 Å². The highest BCUT2D eigenvalue weighted by atomic mass is 32.2. The lowest BCUT2D eigenvalue weighted by Crippen LogP contribution is -2.59. The number of ether oxygens (including phenoxy) is 4. The number of esters is 3. The number of rotatable bonds is 6. The van der Waals surface area contributed by atoms with Gasteiger partial charge in [-0.15, -0.1) is 11.8 Å². The van der Waals surface area contributed by atoms with E-state index in [0.717, 1.165) is 0 Å². The molecule has 0 aromatic heterocycles. The van der Waals surface area contributed by atoms with Crippen LogP contribution in [-0.4, -0.2) is 60.6 Å². The molecule has 0 aromatic rings. The van der Waals surface area contributed by atoms with Crippen molar-refractivity contribution in [3.05, 3.63) is 10.4 Å². The van der Waals surface area contributed by atoms with Gasteiger partial charge in [0.15, 0.2) is 12.2 Å². The molecule has 134 valence electrons. The van der Waals surface area contributed by atoms with Crippen LogP contribution in [0.3, 0.4) is 0 Å². The van der Waals surface area contributed by atoms with E-state index in [1.54, 1.807) is 6.26 Å². The maximum atomic E-state index is 11.4. The first-order chi connectivity index (χ1) is 11.3. The second-order valence-corrected chi connectivity index (χ2v) is 5.86. The van der Waals surface area contributed by atoms with E-state index in [-0.39, 0.29) is 6.61 Å². The van der Waals surface area contributed by atoms with Gasteiger partial charge in [-0.05, 0) is 11.8 Å². The van der Waals surface area contributed by atoms with Gasteiger partial charge in [-0.2, -0.15) is 0 Å². The van der Waals surface area contributed by atoms with Gasteiger partial charge in [0.2, 0.25) is 0 Å². The van der Waals surface area contributed by atoms with Crippen molar-refractivity contribution in [3.63, 3.8) is 0 Å². The summed E-state index contributed by atoms with van der Waals surface area (Å²) in [7, 11) is 0. The van der Waals surface area contributed by atoms with Crippen molar-refractivity contribution in [1.29, 1.82) is 0 Å². The monoisotopic (exact) mass is 361 g/mol. The van der Waals surface area contributed by atoms with E-state index in [1.807, 2.05) is 0 Å². The third-order valence-electron chi connectivity index (χ3n) is 3.09. The summed E-state index contributed by atoms with van der Waals surface area (Å²) in [6, 6.07) is -0.910. The summed E-state index contributed by atoms with van der Waals surface area (Å²) in [4.78, 5) is 36.6. The molecule has 0 aliphatic carbocycles. The molecule has 0 saturated carbocycles. The molecular weight excluding hydrogens is 342 g/mol. The predicted molar refractivity (Wildman–Crippen MR) is 82.9 cm³/mol. The molecule has 1 saturated heterocycles. The van der Waals surface area contributed by atoms with Crippen LogP contribution in [0.1, 0.15) is 20.8 Å². The second kappa shape index (κ2) is 9.36. The van der Waals surface area contributed by atoms with Gasteiger partial charge in [0.05, 0.1) is 0 Å². The molecule has 24 heavy (non-hydrogen) atoms. The molecule has 1 aliphatic heterocycles. The van der Waals surface area contributed by atoms with Gasteiger partial charge >= 0.3 is 17.9 Å². The number of azide groups is 1. The lowest BCUT2D eigenvalue weighted by atomic mass is 9.98. The normalized spacial score (nSPS) is 29.1. The molecule has 0 spiro atoms. The minimum absolute atomic E-state index is 0.203. The quantitative estimate of drug-likeness (QED) is 0.226. The largest absolute Gasteiger partial charge is 0.463 e. The number of nitrogens with zero attached hydrogens (tertiary/aromatic N) is 3. The van der Waals surface area contributed by atoms with Crippen LogP contribution < -0.4 is 0 Å². The van der Waals surface area contributed by atoms with Gasteiger partial charge < -0.3 is 18.9 Å². The summed E-state index contributed by atoms with van der Waals surface area (Å²) < 4.78 is 21.1. The van der Waals surface area contributed by atoms with E-state index in [9.17, 15) is 14.4 Å². The molecule has 1 rings (SSSR count). The average molecular weight is 361 g/mol. The zero-order valence-electron chi connectivity index (χ0n) is 13.7. The Labute approximate surface area is 142 Å². The Balaban J connectivity index is 3.18. The number of carbonyl (C=O) groups excluding carboxylic acids is 3. The maximum Gasteiger partial charge on any atom is 0.303 e. The summed E-state index contributed by atoms with van der Waals surface area (Å²) in [5.74, 6) is -1.82.